The molecule has 0 radical (unpaired) electrons. The molecule has 132 valence electrons. The molecular formula is C21H16N4O2. The van der Waals surface area contributed by atoms with E-state index in [4.69, 9.17) is 0 Å². The van der Waals surface area contributed by atoms with Gasteiger partial charge in [0.25, 0.3) is 0 Å². The highest BCUT2D eigenvalue weighted by Crippen LogP contribution is 2.31. The van der Waals surface area contributed by atoms with Gasteiger partial charge >= 0.3 is 0 Å². The normalized spacial score (nSPS) is 10.7. The Morgan fingerprint density at radius 1 is 0.926 bits per heavy atom. The van der Waals surface area contributed by atoms with Gasteiger partial charge in [-0.05, 0) is 48.5 Å². The minimum atomic E-state index is -0.446. The van der Waals surface area contributed by atoms with Gasteiger partial charge in [0, 0.05) is 17.1 Å². The van der Waals surface area contributed by atoms with Crippen LogP contribution in [0.1, 0.15) is 5.69 Å². The lowest BCUT2D eigenvalue weighted by Gasteiger charge is -2.19. The molecular weight excluding hydrogens is 340 g/mol. The Labute approximate surface area is 155 Å². The zero-order chi connectivity index (χ0) is 18.8. The molecule has 0 aliphatic rings. The van der Waals surface area contributed by atoms with Crippen LogP contribution in [0.15, 0.2) is 82.8 Å². The average Bonchev–Trinajstić information content (AvgIpc) is 2.70. The minimum Gasteiger partial charge on any atom is -0.339 e. The molecule has 0 fully saturated rings. The Bertz CT molecular complexity index is 1190. The first-order valence-corrected chi connectivity index (χ1v) is 8.46. The van der Waals surface area contributed by atoms with E-state index in [1.807, 2.05) is 67.6 Å². The maximum Gasteiger partial charge on any atom is 0.222 e. The Morgan fingerprint density at radius 2 is 1.59 bits per heavy atom. The van der Waals surface area contributed by atoms with Crippen molar-refractivity contribution in [1.82, 2.24) is 9.55 Å². The zero-order valence-electron chi connectivity index (χ0n) is 14.6. The fourth-order valence-electron chi connectivity index (χ4n) is 3.02. The quantitative estimate of drug-likeness (QED) is 0.531. The van der Waals surface area contributed by atoms with Gasteiger partial charge < -0.3 is 5.32 Å². The molecule has 1 N–H and O–H groups in total. The van der Waals surface area contributed by atoms with Crippen LogP contribution >= 0.6 is 0 Å². The average molecular weight is 356 g/mol. The molecule has 0 saturated carbocycles. The van der Waals surface area contributed by atoms with Crippen LogP contribution in [0.2, 0.25) is 0 Å². The van der Waals surface area contributed by atoms with Gasteiger partial charge in [0.15, 0.2) is 11.5 Å². The molecule has 6 heteroatoms. The molecule has 2 heterocycles. The van der Waals surface area contributed by atoms with E-state index in [0.717, 1.165) is 17.1 Å². The maximum absolute atomic E-state index is 12.9. The maximum atomic E-state index is 12.9. The highest BCUT2D eigenvalue weighted by atomic mass is 16.3. The first-order chi connectivity index (χ1) is 13.2. The summed E-state index contributed by atoms with van der Waals surface area (Å²) in [5.74, 6) is 0.290. The molecule has 0 aliphatic carbocycles. The van der Waals surface area contributed by atoms with Crippen LogP contribution in [-0.4, -0.2) is 9.55 Å². The molecule has 2 aromatic carbocycles. The standard InChI is InChI=1S/C21H16N4O2/c1-14-12-13-17-19(26)18(24-27)21(23-15-8-4-2-5-9-15)25(20(17)22-14)16-10-6-3-7-11-16/h2-13,23H,1H3. The number of anilines is 2. The number of benzene rings is 2. The van der Waals surface area contributed by atoms with Crippen LogP contribution in [0.4, 0.5) is 17.2 Å². The molecule has 0 aliphatic heterocycles. The highest BCUT2D eigenvalue weighted by Gasteiger charge is 2.20. The van der Waals surface area contributed by atoms with E-state index in [0.29, 0.717) is 11.0 Å². The van der Waals surface area contributed by atoms with E-state index >= 15 is 0 Å². The summed E-state index contributed by atoms with van der Waals surface area (Å²) in [6.45, 7) is 1.86. The first-order valence-electron chi connectivity index (χ1n) is 8.46. The van der Waals surface area contributed by atoms with Gasteiger partial charge in [0.1, 0.15) is 5.65 Å². The second-order valence-corrected chi connectivity index (χ2v) is 6.10. The number of rotatable bonds is 4. The molecule has 0 saturated heterocycles. The second kappa shape index (κ2) is 6.84. The number of nitrogens with zero attached hydrogens (tertiary/aromatic N) is 3. The molecule has 0 amide bonds. The first kappa shape index (κ1) is 16.7. The summed E-state index contributed by atoms with van der Waals surface area (Å²) in [6, 6.07) is 22.2. The molecule has 4 aromatic rings. The van der Waals surface area contributed by atoms with E-state index < -0.39 is 5.43 Å². The fraction of sp³-hybridized carbons (Fsp3) is 0.0476. The topological polar surface area (TPSA) is 76.3 Å². The van der Waals surface area contributed by atoms with Crippen LogP contribution in [-0.2, 0) is 0 Å². The number of nitroso groups, excluding NO2 is 1. The molecule has 6 nitrogen and oxygen atoms in total. The van der Waals surface area contributed by atoms with E-state index in [9.17, 15) is 9.70 Å². The van der Waals surface area contributed by atoms with Gasteiger partial charge in [-0.15, -0.1) is 4.91 Å². The Hall–Kier alpha value is -3.80. The predicted octanol–water partition coefficient (Wildman–Crippen LogP) is 4.84. The third kappa shape index (κ3) is 2.97. The SMILES string of the molecule is Cc1ccc2c(=O)c(N=O)c(Nc3ccccc3)n(-c3ccccc3)c2n1. The summed E-state index contributed by atoms with van der Waals surface area (Å²) in [5.41, 5.74) is 2.11. The van der Waals surface area contributed by atoms with Crippen molar-refractivity contribution in [2.75, 3.05) is 5.32 Å². The van der Waals surface area contributed by atoms with Crippen molar-refractivity contribution in [2.45, 2.75) is 6.92 Å². The smallest absolute Gasteiger partial charge is 0.222 e. The van der Waals surface area contributed by atoms with Crippen LogP contribution in [0, 0.1) is 11.8 Å². The zero-order valence-corrected chi connectivity index (χ0v) is 14.6. The monoisotopic (exact) mass is 356 g/mol. The third-order valence-electron chi connectivity index (χ3n) is 4.28. The summed E-state index contributed by atoms with van der Waals surface area (Å²) < 4.78 is 1.76. The van der Waals surface area contributed by atoms with Gasteiger partial charge in [-0.2, -0.15) is 0 Å². The molecule has 0 bridgehead atoms. The van der Waals surface area contributed by atoms with Crippen molar-refractivity contribution in [2.24, 2.45) is 5.18 Å². The number of aromatic nitrogens is 2. The van der Waals surface area contributed by atoms with E-state index in [1.54, 1.807) is 16.7 Å². The summed E-state index contributed by atoms with van der Waals surface area (Å²) in [4.78, 5) is 29.1. The van der Waals surface area contributed by atoms with Gasteiger partial charge in [-0.3, -0.25) is 9.36 Å². The van der Waals surface area contributed by atoms with Crippen molar-refractivity contribution < 1.29 is 0 Å². The van der Waals surface area contributed by atoms with Gasteiger partial charge in [-0.25, -0.2) is 4.98 Å². The number of hydrogen-bond donors (Lipinski definition) is 1. The summed E-state index contributed by atoms with van der Waals surface area (Å²) >= 11 is 0. The summed E-state index contributed by atoms with van der Waals surface area (Å²) in [6.07, 6.45) is 0. The minimum absolute atomic E-state index is 0.180. The van der Waals surface area contributed by atoms with E-state index in [2.05, 4.69) is 15.5 Å². The van der Waals surface area contributed by atoms with E-state index in [-0.39, 0.29) is 11.5 Å². The number of fused-ring (bicyclic) bond motifs is 1. The molecule has 2 aromatic heterocycles. The van der Waals surface area contributed by atoms with Crippen molar-refractivity contribution in [3.8, 4) is 5.69 Å². The van der Waals surface area contributed by atoms with Gasteiger partial charge in [0.2, 0.25) is 5.43 Å². The Balaban J connectivity index is 2.13. The molecule has 0 spiro atoms. The lowest BCUT2D eigenvalue weighted by atomic mass is 10.2. The van der Waals surface area contributed by atoms with Crippen LogP contribution in [0.25, 0.3) is 16.7 Å². The van der Waals surface area contributed by atoms with Crippen molar-refractivity contribution >= 4 is 28.2 Å². The Kier molecular flexibility index (Phi) is 4.22. The van der Waals surface area contributed by atoms with Crippen molar-refractivity contribution in [1.29, 1.82) is 0 Å². The van der Waals surface area contributed by atoms with E-state index in [1.165, 1.54) is 0 Å². The van der Waals surface area contributed by atoms with Crippen LogP contribution in [0.3, 0.4) is 0 Å². The third-order valence-corrected chi connectivity index (χ3v) is 4.28. The van der Waals surface area contributed by atoms with Gasteiger partial charge in [0.05, 0.1) is 5.39 Å². The molecule has 0 atom stereocenters. The van der Waals surface area contributed by atoms with Gasteiger partial charge in [-0.1, -0.05) is 36.4 Å². The summed E-state index contributed by atoms with van der Waals surface area (Å²) in [5, 5.41) is 6.57. The lowest BCUT2D eigenvalue weighted by molar-refractivity contribution is 1.05. The lowest BCUT2D eigenvalue weighted by Crippen LogP contribution is -2.15. The number of hydrogen-bond acceptors (Lipinski definition) is 5. The molecule has 27 heavy (non-hydrogen) atoms. The van der Waals surface area contributed by atoms with Crippen LogP contribution < -0.4 is 10.7 Å². The number of aryl methyl sites for hydroxylation is 1. The number of para-hydroxylation sites is 2. The fourth-order valence-corrected chi connectivity index (χ4v) is 3.02. The van der Waals surface area contributed by atoms with Crippen molar-refractivity contribution in [3.05, 3.63) is 93.6 Å². The summed E-state index contributed by atoms with van der Waals surface area (Å²) in [7, 11) is 0. The predicted molar refractivity (Wildman–Crippen MR) is 107 cm³/mol. The van der Waals surface area contributed by atoms with Crippen LogP contribution in [0.5, 0.6) is 0 Å². The number of pyridine rings is 2. The molecule has 4 rings (SSSR count). The number of nitrogens with one attached hydrogen (secondary N) is 1. The second-order valence-electron chi connectivity index (χ2n) is 6.10. The van der Waals surface area contributed by atoms with Crippen molar-refractivity contribution in [3.63, 3.8) is 0 Å². The molecule has 0 unspecified atom stereocenters. The highest BCUT2D eigenvalue weighted by molar-refractivity contribution is 5.87. The Morgan fingerprint density at radius 3 is 2.26 bits per heavy atom. The largest absolute Gasteiger partial charge is 0.339 e.